The molecule has 162 valence electrons. The Morgan fingerprint density at radius 3 is 2.81 bits per heavy atom. The Balaban J connectivity index is 1.43. The predicted molar refractivity (Wildman–Crippen MR) is 116 cm³/mol. The van der Waals surface area contributed by atoms with Crippen LogP contribution < -0.4 is 10.2 Å². The second kappa shape index (κ2) is 8.89. The molecule has 4 rings (SSSR count). The van der Waals surface area contributed by atoms with Crippen LogP contribution in [0.3, 0.4) is 0 Å². The third-order valence-corrected chi connectivity index (χ3v) is 6.01. The van der Waals surface area contributed by atoms with Gasteiger partial charge >= 0.3 is 6.09 Å². The van der Waals surface area contributed by atoms with Gasteiger partial charge in [-0.3, -0.25) is 14.5 Å². The van der Waals surface area contributed by atoms with Crippen molar-refractivity contribution in [1.82, 2.24) is 10.2 Å². The molecule has 31 heavy (non-hydrogen) atoms. The van der Waals surface area contributed by atoms with Gasteiger partial charge in [0.25, 0.3) is 5.91 Å². The van der Waals surface area contributed by atoms with Crippen molar-refractivity contribution in [3.05, 3.63) is 58.0 Å². The number of nitrogens with one attached hydrogen (secondary N) is 1. The first kappa shape index (κ1) is 21.0. The molecule has 0 bridgehead atoms. The lowest BCUT2D eigenvalue weighted by molar-refractivity contribution is -0.119. The van der Waals surface area contributed by atoms with Crippen molar-refractivity contribution in [3.63, 3.8) is 0 Å². The summed E-state index contributed by atoms with van der Waals surface area (Å²) in [5.74, 6) is -0.658. The summed E-state index contributed by atoms with van der Waals surface area (Å²) < 4.78 is 20.1. The Morgan fingerprint density at radius 2 is 2.16 bits per heavy atom. The highest BCUT2D eigenvalue weighted by Crippen LogP contribution is 2.30. The van der Waals surface area contributed by atoms with Crippen LogP contribution in [0.25, 0.3) is 5.57 Å². The van der Waals surface area contributed by atoms with E-state index >= 15 is 0 Å². The van der Waals surface area contributed by atoms with Crippen LogP contribution in [-0.4, -0.2) is 55.1 Å². The second-order valence-electron chi connectivity index (χ2n) is 7.46. The highest BCUT2D eigenvalue weighted by Gasteiger charge is 2.33. The standard InChI is InChI=1S/C22H22FN3O4S/c1-14(27)24-11-18-12-26(22(29)30-18)17-2-3-19(20(23)10-17)15-4-7-25(8-5-15)21(28)16-6-9-31-13-16/h2-4,6,9-10,13,18H,5,7-8,11-12H2,1H3,(H,24,27). The third-order valence-electron chi connectivity index (χ3n) is 5.33. The fourth-order valence-corrected chi connectivity index (χ4v) is 4.33. The summed E-state index contributed by atoms with van der Waals surface area (Å²) in [6.45, 7) is 2.78. The van der Waals surface area contributed by atoms with Crippen LogP contribution in [-0.2, 0) is 9.53 Å². The van der Waals surface area contributed by atoms with Gasteiger partial charge in [-0.1, -0.05) is 6.08 Å². The molecule has 1 fully saturated rings. The number of rotatable bonds is 5. The minimum atomic E-state index is -0.568. The second-order valence-corrected chi connectivity index (χ2v) is 8.24. The number of carbonyl (C=O) groups is 3. The van der Waals surface area contributed by atoms with Crippen molar-refractivity contribution in [1.29, 1.82) is 0 Å². The molecule has 1 atom stereocenters. The average Bonchev–Trinajstić information content (AvgIpc) is 3.42. The highest BCUT2D eigenvalue weighted by molar-refractivity contribution is 7.08. The Kier molecular flexibility index (Phi) is 6.03. The van der Waals surface area contributed by atoms with Gasteiger partial charge in [0.1, 0.15) is 11.9 Å². The molecule has 1 unspecified atom stereocenters. The van der Waals surface area contributed by atoms with Gasteiger partial charge in [0, 0.05) is 31.0 Å². The first-order valence-electron chi connectivity index (χ1n) is 9.95. The molecule has 9 heteroatoms. The molecule has 1 saturated heterocycles. The maximum absolute atomic E-state index is 14.9. The molecule has 3 amide bonds. The number of ether oxygens (including phenoxy) is 1. The van der Waals surface area contributed by atoms with Crippen LogP contribution in [0.1, 0.15) is 29.3 Å². The Bertz CT molecular complexity index is 1040. The Labute approximate surface area is 183 Å². The number of carbonyl (C=O) groups excluding carboxylic acids is 3. The van der Waals surface area contributed by atoms with Gasteiger partial charge in [-0.15, -0.1) is 0 Å². The van der Waals surface area contributed by atoms with Gasteiger partial charge in [-0.25, -0.2) is 9.18 Å². The average molecular weight is 444 g/mol. The lowest BCUT2D eigenvalue weighted by Gasteiger charge is -2.26. The molecular formula is C22H22FN3O4S. The molecule has 0 saturated carbocycles. The monoisotopic (exact) mass is 443 g/mol. The zero-order valence-electron chi connectivity index (χ0n) is 17.0. The fourth-order valence-electron chi connectivity index (χ4n) is 3.70. The van der Waals surface area contributed by atoms with Crippen molar-refractivity contribution in [3.8, 4) is 0 Å². The number of amides is 3. The summed E-state index contributed by atoms with van der Waals surface area (Å²) in [4.78, 5) is 38.7. The number of nitrogens with zero attached hydrogens (tertiary/aromatic N) is 2. The van der Waals surface area contributed by atoms with Crippen LogP contribution in [0.15, 0.2) is 41.1 Å². The summed E-state index contributed by atoms with van der Waals surface area (Å²) in [5, 5.41) is 6.30. The van der Waals surface area contributed by atoms with Crippen LogP contribution >= 0.6 is 11.3 Å². The zero-order chi connectivity index (χ0) is 22.0. The maximum Gasteiger partial charge on any atom is 0.414 e. The van der Waals surface area contributed by atoms with Gasteiger partial charge in [0.05, 0.1) is 24.3 Å². The number of anilines is 1. The van der Waals surface area contributed by atoms with E-state index < -0.39 is 18.0 Å². The van der Waals surface area contributed by atoms with Crippen molar-refractivity contribution in [2.24, 2.45) is 0 Å². The summed E-state index contributed by atoms with van der Waals surface area (Å²) in [6, 6.07) is 6.46. The van der Waals surface area contributed by atoms with Crippen LogP contribution in [0, 0.1) is 5.82 Å². The molecule has 2 aromatic rings. The number of cyclic esters (lactones) is 1. The molecule has 0 aliphatic carbocycles. The maximum atomic E-state index is 14.9. The first-order chi connectivity index (χ1) is 14.9. The SMILES string of the molecule is CC(=O)NCC1CN(c2ccc(C3=CCN(C(=O)c4ccsc4)CC3)c(F)c2)C(=O)O1. The molecular weight excluding hydrogens is 421 g/mol. The molecule has 7 nitrogen and oxygen atoms in total. The fraction of sp³-hybridized carbons (Fsp3) is 0.318. The molecule has 0 radical (unpaired) electrons. The lowest BCUT2D eigenvalue weighted by Crippen LogP contribution is -2.34. The third kappa shape index (κ3) is 4.61. The molecule has 2 aliphatic rings. The number of benzene rings is 1. The normalized spacial score (nSPS) is 18.6. The Hall–Kier alpha value is -3.20. The topological polar surface area (TPSA) is 79.0 Å². The van der Waals surface area contributed by atoms with Gasteiger partial charge in [-0.05, 0) is 41.6 Å². The van der Waals surface area contributed by atoms with Crippen LogP contribution in [0.2, 0.25) is 0 Å². The van der Waals surface area contributed by atoms with Gasteiger partial charge in [0.15, 0.2) is 0 Å². The summed E-state index contributed by atoms with van der Waals surface area (Å²) in [6.07, 6.45) is 1.38. The van der Waals surface area contributed by atoms with Crippen molar-refractivity contribution < 1.29 is 23.5 Å². The van der Waals surface area contributed by atoms with Crippen molar-refractivity contribution >= 4 is 40.5 Å². The van der Waals surface area contributed by atoms with E-state index in [0.29, 0.717) is 36.3 Å². The van der Waals surface area contributed by atoms with E-state index in [0.717, 1.165) is 5.57 Å². The highest BCUT2D eigenvalue weighted by atomic mass is 32.1. The van der Waals surface area contributed by atoms with Gasteiger partial charge in [0.2, 0.25) is 5.91 Å². The molecule has 3 heterocycles. The van der Waals surface area contributed by atoms with Gasteiger partial charge < -0.3 is 15.0 Å². The van der Waals surface area contributed by atoms with Crippen LogP contribution in [0.5, 0.6) is 0 Å². The zero-order valence-corrected chi connectivity index (χ0v) is 17.8. The largest absolute Gasteiger partial charge is 0.442 e. The van der Waals surface area contributed by atoms with E-state index in [1.165, 1.54) is 29.2 Å². The summed E-state index contributed by atoms with van der Waals surface area (Å²) in [5.41, 5.74) is 2.38. The molecule has 1 N–H and O–H groups in total. The Morgan fingerprint density at radius 1 is 1.32 bits per heavy atom. The van der Waals surface area contributed by atoms with E-state index in [-0.39, 0.29) is 24.9 Å². The van der Waals surface area contributed by atoms with Crippen LogP contribution in [0.4, 0.5) is 14.9 Å². The number of hydrogen-bond donors (Lipinski definition) is 1. The van der Waals surface area contributed by atoms with Gasteiger partial charge in [-0.2, -0.15) is 11.3 Å². The van der Waals surface area contributed by atoms with E-state index in [4.69, 9.17) is 4.74 Å². The molecule has 1 aromatic heterocycles. The van der Waals surface area contributed by atoms with E-state index in [1.807, 2.05) is 16.8 Å². The van der Waals surface area contributed by atoms with E-state index in [2.05, 4.69) is 5.32 Å². The number of halogens is 1. The minimum absolute atomic E-state index is 0.0197. The van der Waals surface area contributed by atoms with E-state index in [1.54, 1.807) is 23.1 Å². The molecule has 1 aromatic carbocycles. The summed E-state index contributed by atoms with van der Waals surface area (Å²) in [7, 11) is 0. The predicted octanol–water partition coefficient (Wildman–Crippen LogP) is 3.28. The quantitative estimate of drug-likeness (QED) is 0.769. The van der Waals surface area contributed by atoms with Crippen molar-refractivity contribution in [2.75, 3.05) is 31.1 Å². The lowest BCUT2D eigenvalue weighted by atomic mass is 9.98. The number of hydrogen-bond acceptors (Lipinski definition) is 5. The first-order valence-corrected chi connectivity index (χ1v) is 10.9. The molecule has 2 aliphatic heterocycles. The number of thiophene rings is 1. The smallest absolute Gasteiger partial charge is 0.414 e. The van der Waals surface area contributed by atoms with E-state index in [9.17, 15) is 18.8 Å². The summed E-state index contributed by atoms with van der Waals surface area (Å²) >= 11 is 1.48. The van der Waals surface area contributed by atoms with Crippen molar-refractivity contribution in [2.45, 2.75) is 19.4 Å². The minimum Gasteiger partial charge on any atom is -0.442 e. The molecule has 0 spiro atoms.